The molecule has 0 unspecified atom stereocenters. The third-order valence-corrected chi connectivity index (χ3v) is 3.57. The summed E-state index contributed by atoms with van der Waals surface area (Å²) in [6.45, 7) is 0.308. The van der Waals surface area contributed by atoms with E-state index < -0.39 is 0 Å². The summed E-state index contributed by atoms with van der Waals surface area (Å²) >= 11 is 0. The van der Waals surface area contributed by atoms with E-state index >= 15 is 0 Å². The Morgan fingerprint density at radius 2 is 2.21 bits per heavy atom. The molecule has 0 N–H and O–H groups in total. The van der Waals surface area contributed by atoms with Crippen LogP contribution in [0.25, 0.3) is 22.6 Å². The maximum atomic E-state index is 11.1. The van der Waals surface area contributed by atoms with Crippen LogP contribution in [0, 0.1) is 0 Å². The fourth-order valence-corrected chi connectivity index (χ4v) is 2.34. The molecule has 0 saturated heterocycles. The summed E-state index contributed by atoms with van der Waals surface area (Å²) < 4.78 is 11.5. The number of fused-ring (bicyclic) bond motifs is 1. The topological polar surface area (TPSA) is 77.6 Å². The number of aromatic nitrogens is 2. The SMILES string of the molecule is O=C1C=NC(COc2ccc3oc(-c4cccnc4)nc3c2)=CC1. The molecule has 3 heterocycles. The molecule has 118 valence electrons. The van der Waals surface area contributed by atoms with Crippen molar-refractivity contribution in [3.8, 4) is 17.2 Å². The highest BCUT2D eigenvalue weighted by Gasteiger charge is 2.10. The van der Waals surface area contributed by atoms with Gasteiger partial charge in [0.15, 0.2) is 11.4 Å². The van der Waals surface area contributed by atoms with Crippen LogP contribution in [0.5, 0.6) is 5.75 Å². The van der Waals surface area contributed by atoms with Crippen LogP contribution >= 0.6 is 0 Å². The zero-order valence-corrected chi connectivity index (χ0v) is 12.7. The van der Waals surface area contributed by atoms with Crippen LogP contribution in [0.4, 0.5) is 0 Å². The highest BCUT2D eigenvalue weighted by atomic mass is 16.5. The van der Waals surface area contributed by atoms with Gasteiger partial charge in [-0.2, -0.15) is 0 Å². The number of hydrogen-bond donors (Lipinski definition) is 0. The molecule has 0 aliphatic carbocycles. The number of aliphatic imine (C=N–C) groups is 1. The van der Waals surface area contributed by atoms with Crippen LogP contribution in [0.15, 0.2) is 63.9 Å². The van der Waals surface area contributed by atoms with E-state index in [1.807, 2.05) is 30.3 Å². The molecule has 6 heteroatoms. The molecule has 0 radical (unpaired) electrons. The first-order valence-corrected chi connectivity index (χ1v) is 7.48. The number of Topliss-reactive ketones (excluding diaryl/α,β-unsaturated/α-hetero) is 1. The number of nitrogens with zero attached hydrogens (tertiary/aromatic N) is 3. The average molecular weight is 319 g/mol. The van der Waals surface area contributed by atoms with Crippen molar-refractivity contribution in [1.82, 2.24) is 9.97 Å². The minimum absolute atomic E-state index is 0.00528. The van der Waals surface area contributed by atoms with Crippen LogP contribution in [-0.2, 0) is 4.79 Å². The van der Waals surface area contributed by atoms with E-state index in [9.17, 15) is 4.79 Å². The molecule has 0 saturated carbocycles. The number of rotatable bonds is 4. The maximum absolute atomic E-state index is 11.1. The lowest BCUT2D eigenvalue weighted by Gasteiger charge is -2.08. The van der Waals surface area contributed by atoms with Crippen molar-refractivity contribution in [1.29, 1.82) is 0 Å². The lowest BCUT2D eigenvalue weighted by molar-refractivity contribution is -0.111. The number of pyridine rings is 1. The molecule has 0 fully saturated rings. The molecule has 2 aromatic heterocycles. The van der Waals surface area contributed by atoms with E-state index in [0.717, 1.165) is 11.3 Å². The van der Waals surface area contributed by atoms with Gasteiger partial charge in [0, 0.05) is 24.9 Å². The van der Waals surface area contributed by atoms with Gasteiger partial charge in [0.1, 0.15) is 17.9 Å². The Morgan fingerprint density at radius 1 is 1.25 bits per heavy atom. The summed E-state index contributed by atoms with van der Waals surface area (Å²) in [4.78, 5) is 23.7. The number of hydrogen-bond acceptors (Lipinski definition) is 6. The van der Waals surface area contributed by atoms with Gasteiger partial charge in [-0.05, 0) is 24.3 Å². The molecule has 1 aromatic carbocycles. The predicted octanol–water partition coefficient (Wildman–Crippen LogP) is 3.20. The highest BCUT2D eigenvalue weighted by Crippen LogP contribution is 2.26. The van der Waals surface area contributed by atoms with Gasteiger partial charge >= 0.3 is 0 Å². The molecule has 0 atom stereocenters. The van der Waals surface area contributed by atoms with Crippen LogP contribution in [0.3, 0.4) is 0 Å². The van der Waals surface area contributed by atoms with Crippen LogP contribution in [-0.4, -0.2) is 28.6 Å². The van der Waals surface area contributed by atoms with E-state index in [2.05, 4.69) is 15.0 Å². The summed E-state index contributed by atoms with van der Waals surface area (Å²) in [6, 6.07) is 9.18. The van der Waals surface area contributed by atoms with E-state index in [1.165, 1.54) is 6.21 Å². The molecule has 0 amide bonds. The summed E-state index contributed by atoms with van der Waals surface area (Å²) in [5.74, 6) is 1.19. The number of ether oxygens (including phenoxy) is 1. The predicted molar refractivity (Wildman–Crippen MR) is 88.9 cm³/mol. The number of benzene rings is 1. The molecule has 4 rings (SSSR count). The van der Waals surface area contributed by atoms with E-state index in [1.54, 1.807) is 18.5 Å². The molecule has 1 aliphatic heterocycles. The van der Waals surface area contributed by atoms with Crippen LogP contribution in [0.2, 0.25) is 0 Å². The third kappa shape index (κ3) is 2.94. The Hall–Kier alpha value is -3.28. The molecule has 0 spiro atoms. The minimum Gasteiger partial charge on any atom is -0.487 e. The molecule has 3 aromatic rings. The van der Waals surface area contributed by atoms with Crippen molar-refractivity contribution < 1.29 is 13.9 Å². The second-order valence-corrected chi connectivity index (χ2v) is 5.30. The van der Waals surface area contributed by atoms with Crippen molar-refractivity contribution in [3.63, 3.8) is 0 Å². The van der Waals surface area contributed by atoms with Gasteiger partial charge in [0.05, 0.1) is 17.5 Å². The van der Waals surface area contributed by atoms with Gasteiger partial charge in [-0.15, -0.1) is 0 Å². The van der Waals surface area contributed by atoms with Crippen molar-refractivity contribution in [2.24, 2.45) is 4.99 Å². The lowest BCUT2D eigenvalue weighted by Crippen LogP contribution is -2.07. The first-order valence-electron chi connectivity index (χ1n) is 7.48. The smallest absolute Gasteiger partial charge is 0.228 e. The van der Waals surface area contributed by atoms with Gasteiger partial charge < -0.3 is 9.15 Å². The van der Waals surface area contributed by atoms with Gasteiger partial charge in [-0.25, -0.2) is 4.98 Å². The standard InChI is InChI=1S/C18H13N3O3/c22-14-4-3-13(20-10-14)11-23-15-5-6-17-16(8-15)21-18(24-17)12-2-1-7-19-9-12/h1-3,5-10H,4,11H2. The van der Waals surface area contributed by atoms with Crippen molar-refractivity contribution in [2.45, 2.75) is 6.42 Å². The Labute approximate surface area is 137 Å². The molecular weight excluding hydrogens is 306 g/mol. The molecule has 6 nitrogen and oxygen atoms in total. The number of carbonyl (C=O) groups is 1. The molecular formula is C18H13N3O3. The van der Waals surface area contributed by atoms with Gasteiger partial charge in [-0.1, -0.05) is 6.08 Å². The normalized spacial score (nSPS) is 14.0. The van der Waals surface area contributed by atoms with Crippen LogP contribution in [0.1, 0.15) is 6.42 Å². The maximum Gasteiger partial charge on any atom is 0.228 e. The zero-order valence-electron chi connectivity index (χ0n) is 12.7. The summed E-state index contributed by atoms with van der Waals surface area (Å²) in [5, 5.41) is 0. The Kier molecular flexibility index (Phi) is 3.63. The number of carbonyl (C=O) groups excluding carboxylic acids is 1. The lowest BCUT2D eigenvalue weighted by atomic mass is 10.2. The van der Waals surface area contributed by atoms with E-state index in [4.69, 9.17) is 9.15 Å². The second-order valence-electron chi connectivity index (χ2n) is 5.30. The number of oxazole rings is 1. The number of ketones is 1. The second kappa shape index (κ2) is 6.08. The summed E-state index contributed by atoms with van der Waals surface area (Å²) in [6.07, 6.45) is 6.89. The Bertz CT molecular complexity index is 958. The largest absolute Gasteiger partial charge is 0.487 e. The fourth-order valence-electron chi connectivity index (χ4n) is 2.34. The third-order valence-electron chi connectivity index (χ3n) is 3.57. The van der Waals surface area contributed by atoms with Crippen LogP contribution < -0.4 is 4.74 Å². The zero-order chi connectivity index (χ0) is 16.4. The van der Waals surface area contributed by atoms with Gasteiger partial charge in [0.25, 0.3) is 0 Å². The molecule has 24 heavy (non-hydrogen) atoms. The fraction of sp³-hybridized carbons (Fsp3) is 0.111. The average Bonchev–Trinajstić information content (AvgIpc) is 3.05. The Balaban J connectivity index is 1.53. The quantitative estimate of drug-likeness (QED) is 0.738. The summed E-state index contributed by atoms with van der Waals surface area (Å²) in [5.41, 5.74) is 2.96. The number of allylic oxidation sites excluding steroid dienone is 1. The summed E-state index contributed by atoms with van der Waals surface area (Å²) in [7, 11) is 0. The van der Waals surface area contributed by atoms with E-state index in [-0.39, 0.29) is 5.78 Å². The highest BCUT2D eigenvalue weighted by molar-refractivity contribution is 6.28. The van der Waals surface area contributed by atoms with Gasteiger partial charge in [-0.3, -0.25) is 14.8 Å². The molecule has 1 aliphatic rings. The Morgan fingerprint density at radius 3 is 3.00 bits per heavy atom. The van der Waals surface area contributed by atoms with Crippen molar-refractivity contribution in [2.75, 3.05) is 6.61 Å². The van der Waals surface area contributed by atoms with Gasteiger partial charge in [0.2, 0.25) is 5.89 Å². The first kappa shape index (κ1) is 14.3. The van der Waals surface area contributed by atoms with E-state index in [0.29, 0.717) is 35.8 Å². The van der Waals surface area contributed by atoms with Crippen molar-refractivity contribution in [3.05, 3.63) is 54.5 Å². The molecule has 0 bridgehead atoms. The first-order chi connectivity index (χ1) is 11.8. The van der Waals surface area contributed by atoms with Crippen molar-refractivity contribution >= 4 is 23.1 Å². The minimum atomic E-state index is 0.00528. The monoisotopic (exact) mass is 319 g/mol.